The Kier molecular flexibility index (Phi) is 9.84. The number of aliphatic hydroxyl groups is 4. The average Bonchev–Trinajstić information content (AvgIpc) is 3.14. The SMILES string of the molecule is CC1=C(C=CC2=CCC[C@]3(C)[C@@H]([C@H](C)CCCC(C)(C)O)CC[C@@H]23)C[C@@H](O)[C@@H](OCCCO)[C@@H]1O. The number of rotatable bonds is 11. The van der Waals surface area contributed by atoms with Crippen molar-refractivity contribution in [3.05, 3.63) is 34.9 Å². The monoisotopic (exact) mass is 490 g/mol. The van der Waals surface area contributed by atoms with Gasteiger partial charge in [0.05, 0.1) is 11.7 Å². The van der Waals surface area contributed by atoms with E-state index in [1.807, 2.05) is 20.8 Å². The first kappa shape index (κ1) is 28.6. The normalized spacial score (nSPS) is 34.9. The van der Waals surface area contributed by atoms with Gasteiger partial charge in [-0.1, -0.05) is 44.9 Å². The number of allylic oxidation sites excluding steroid dienone is 4. The van der Waals surface area contributed by atoms with E-state index in [1.54, 1.807) is 0 Å². The van der Waals surface area contributed by atoms with Crippen LogP contribution in [0.1, 0.15) is 92.4 Å². The second-order valence-corrected chi connectivity index (χ2v) is 12.3. The molecule has 0 amide bonds. The zero-order valence-electron chi connectivity index (χ0n) is 22.7. The molecule has 0 aromatic heterocycles. The van der Waals surface area contributed by atoms with Crippen molar-refractivity contribution in [2.45, 2.75) is 116 Å². The quantitative estimate of drug-likeness (QED) is 0.303. The van der Waals surface area contributed by atoms with Crippen LogP contribution in [0.5, 0.6) is 0 Å². The van der Waals surface area contributed by atoms with Crippen LogP contribution in [0.15, 0.2) is 34.9 Å². The summed E-state index contributed by atoms with van der Waals surface area (Å²) >= 11 is 0. The standard InChI is InChI=1S/C30H50O5/c1-20(9-6-15-29(3,4)34)24-13-14-25-22(10-7-16-30(24,25)5)11-12-23-19-26(32)28(27(33)21(23)2)35-18-8-17-31/h10-12,20,24-28,31-34H,6-9,13-19H2,1-5H3/t20-,24-,25+,26-,27-,28-,30-/m1/s1. The maximum atomic E-state index is 10.8. The van der Waals surface area contributed by atoms with Crippen molar-refractivity contribution in [1.82, 2.24) is 0 Å². The first-order valence-electron chi connectivity index (χ1n) is 13.9. The van der Waals surface area contributed by atoms with Gasteiger partial charge < -0.3 is 25.2 Å². The molecule has 3 rings (SSSR count). The molecule has 0 aromatic carbocycles. The fourth-order valence-electron chi connectivity index (χ4n) is 7.07. The van der Waals surface area contributed by atoms with Gasteiger partial charge in [0.2, 0.25) is 0 Å². The second kappa shape index (κ2) is 12.0. The second-order valence-electron chi connectivity index (χ2n) is 12.3. The van der Waals surface area contributed by atoms with E-state index in [2.05, 4.69) is 32.1 Å². The van der Waals surface area contributed by atoms with Crippen molar-refractivity contribution in [3.8, 4) is 0 Å². The summed E-state index contributed by atoms with van der Waals surface area (Å²) in [5.74, 6) is 1.93. The van der Waals surface area contributed by atoms with Crippen molar-refractivity contribution >= 4 is 0 Å². The molecule has 0 bridgehead atoms. The lowest BCUT2D eigenvalue weighted by molar-refractivity contribution is -0.0958. The van der Waals surface area contributed by atoms with Gasteiger partial charge in [-0.25, -0.2) is 0 Å². The van der Waals surface area contributed by atoms with Crippen molar-refractivity contribution in [2.75, 3.05) is 13.2 Å². The Hall–Kier alpha value is -0.980. The van der Waals surface area contributed by atoms with Crippen LogP contribution in [-0.4, -0.2) is 57.6 Å². The molecule has 0 aromatic rings. The summed E-state index contributed by atoms with van der Waals surface area (Å²) in [6.45, 7) is 11.0. The zero-order chi connectivity index (χ0) is 25.8. The molecular formula is C30H50O5. The van der Waals surface area contributed by atoms with Gasteiger partial charge in [-0.05, 0) is 99.2 Å². The topological polar surface area (TPSA) is 90.2 Å². The molecule has 0 spiro atoms. The molecule has 0 radical (unpaired) electrons. The van der Waals surface area contributed by atoms with E-state index >= 15 is 0 Å². The van der Waals surface area contributed by atoms with E-state index in [9.17, 15) is 15.3 Å². The third kappa shape index (κ3) is 6.87. The van der Waals surface area contributed by atoms with Crippen molar-refractivity contribution < 1.29 is 25.2 Å². The molecule has 0 aliphatic heterocycles. The molecule has 3 aliphatic carbocycles. The molecule has 5 nitrogen and oxygen atoms in total. The third-order valence-corrected chi connectivity index (χ3v) is 9.17. The van der Waals surface area contributed by atoms with E-state index in [4.69, 9.17) is 9.84 Å². The first-order valence-corrected chi connectivity index (χ1v) is 13.9. The molecule has 0 saturated heterocycles. The third-order valence-electron chi connectivity index (χ3n) is 9.17. The summed E-state index contributed by atoms with van der Waals surface area (Å²) in [5, 5.41) is 40.4. The number of hydrogen-bond acceptors (Lipinski definition) is 5. The number of fused-ring (bicyclic) bond motifs is 1. The summed E-state index contributed by atoms with van der Waals surface area (Å²) in [6, 6.07) is 0. The predicted molar refractivity (Wildman–Crippen MR) is 141 cm³/mol. The molecule has 5 heteroatoms. The molecular weight excluding hydrogens is 440 g/mol. The summed E-state index contributed by atoms with van der Waals surface area (Å²) in [7, 11) is 0. The zero-order valence-corrected chi connectivity index (χ0v) is 22.7. The lowest BCUT2D eigenvalue weighted by Crippen LogP contribution is -2.44. The summed E-state index contributed by atoms with van der Waals surface area (Å²) in [6.07, 6.45) is 13.4. The molecule has 7 atom stereocenters. The number of ether oxygens (including phenoxy) is 1. The molecule has 4 N–H and O–H groups in total. The van der Waals surface area contributed by atoms with E-state index in [-0.39, 0.29) is 6.61 Å². The average molecular weight is 491 g/mol. The highest BCUT2D eigenvalue weighted by molar-refractivity contribution is 5.38. The van der Waals surface area contributed by atoms with Crippen LogP contribution in [0.25, 0.3) is 0 Å². The van der Waals surface area contributed by atoms with Crippen LogP contribution in [0.4, 0.5) is 0 Å². The Labute approximate surface area is 213 Å². The predicted octanol–water partition coefficient (Wildman–Crippen LogP) is 5.08. The molecule has 0 unspecified atom stereocenters. The highest BCUT2D eigenvalue weighted by atomic mass is 16.5. The van der Waals surface area contributed by atoms with Crippen LogP contribution in [0.3, 0.4) is 0 Å². The first-order chi connectivity index (χ1) is 16.5. The van der Waals surface area contributed by atoms with E-state index < -0.39 is 23.9 Å². The van der Waals surface area contributed by atoms with Gasteiger partial charge in [-0.3, -0.25) is 0 Å². The molecule has 0 heterocycles. The maximum absolute atomic E-state index is 10.8. The fraction of sp³-hybridized carbons (Fsp3) is 0.800. The van der Waals surface area contributed by atoms with Crippen LogP contribution in [0, 0.1) is 23.2 Å². The van der Waals surface area contributed by atoms with Crippen molar-refractivity contribution in [2.24, 2.45) is 23.2 Å². The summed E-state index contributed by atoms with van der Waals surface area (Å²) in [5.41, 5.74) is 3.00. The highest BCUT2D eigenvalue weighted by Gasteiger charge is 2.49. The Morgan fingerprint density at radius 1 is 1.20 bits per heavy atom. The Bertz CT molecular complexity index is 791. The van der Waals surface area contributed by atoms with Gasteiger partial charge in [0.25, 0.3) is 0 Å². The van der Waals surface area contributed by atoms with Gasteiger partial charge in [0, 0.05) is 19.6 Å². The van der Waals surface area contributed by atoms with Crippen molar-refractivity contribution in [3.63, 3.8) is 0 Å². The van der Waals surface area contributed by atoms with E-state index in [1.165, 1.54) is 31.3 Å². The molecule has 1 saturated carbocycles. The van der Waals surface area contributed by atoms with Crippen LogP contribution in [0.2, 0.25) is 0 Å². The maximum Gasteiger partial charge on any atom is 0.113 e. The van der Waals surface area contributed by atoms with Crippen LogP contribution in [-0.2, 0) is 4.74 Å². The van der Waals surface area contributed by atoms with Crippen LogP contribution < -0.4 is 0 Å². The van der Waals surface area contributed by atoms with Gasteiger partial charge in [-0.15, -0.1) is 0 Å². The Balaban J connectivity index is 1.66. The van der Waals surface area contributed by atoms with Gasteiger partial charge >= 0.3 is 0 Å². The van der Waals surface area contributed by atoms with E-state index in [0.717, 1.165) is 30.4 Å². The molecule has 200 valence electrons. The van der Waals surface area contributed by atoms with Crippen molar-refractivity contribution in [1.29, 1.82) is 0 Å². The van der Waals surface area contributed by atoms with Crippen LogP contribution >= 0.6 is 0 Å². The number of hydrogen-bond donors (Lipinski definition) is 4. The minimum Gasteiger partial charge on any atom is -0.396 e. The molecule has 35 heavy (non-hydrogen) atoms. The Morgan fingerprint density at radius 3 is 2.63 bits per heavy atom. The van der Waals surface area contributed by atoms with Gasteiger partial charge in [0.1, 0.15) is 12.2 Å². The molecule has 1 fully saturated rings. The van der Waals surface area contributed by atoms with E-state index in [0.29, 0.717) is 42.6 Å². The summed E-state index contributed by atoms with van der Waals surface area (Å²) in [4.78, 5) is 0. The minimum absolute atomic E-state index is 0.0391. The lowest BCUT2D eigenvalue weighted by atomic mass is 9.62. The largest absolute Gasteiger partial charge is 0.396 e. The van der Waals surface area contributed by atoms with Gasteiger partial charge in [-0.2, -0.15) is 0 Å². The number of aliphatic hydroxyl groups excluding tert-OH is 3. The minimum atomic E-state index is -0.830. The highest BCUT2D eigenvalue weighted by Crippen LogP contribution is 2.58. The fourth-order valence-corrected chi connectivity index (χ4v) is 7.07. The molecule has 3 aliphatic rings. The summed E-state index contributed by atoms with van der Waals surface area (Å²) < 4.78 is 5.67. The lowest BCUT2D eigenvalue weighted by Gasteiger charge is -2.43. The smallest absolute Gasteiger partial charge is 0.113 e. The Morgan fingerprint density at radius 2 is 1.94 bits per heavy atom. The van der Waals surface area contributed by atoms with Gasteiger partial charge in [0.15, 0.2) is 0 Å².